The van der Waals surface area contributed by atoms with Gasteiger partial charge in [-0.1, -0.05) is 6.07 Å². The van der Waals surface area contributed by atoms with Crippen LogP contribution in [0.3, 0.4) is 0 Å². The molecule has 6 heteroatoms. The van der Waals surface area contributed by atoms with Crippen molar-refractivity contribution in [1.82, 2.24) is 14.9 Å². The smallest absolute Gasteiger partial charge is 0.223 e. The molecule has 3 heterocycles. The highest BCUT2D eigenvalue weighted by Crippen LogP contribution is 2.21. The number of rotatable bonds is 4. The molecule has 1 atom stereocenters. The molecule has 2 aromatic heterocycles. The lowest BCUT2D eigenvalue weighted by molar-refractivity contribution is -0.139. The minimum absolute atomic E-state index is 0.141. The number of morpholine rings is 1. The van der Waals surface area contributed by atoms with Gasteiger partial charge in [-0.3, -0.25) is 4.79 Å². The van der Waals surface area contributed by atoms with Crippen LogP contribution in [0, 0.1) is 6.92 Å². The van der Waals surface area contributed by atoms with E-state index in [4.69, 9.17) is 4.74 Å². The van der Waals surface area contributed by atoms with Gasteiger partial charge in [0.1, 0.15) is 11.9 Å². The summed E-state index contributed by atoms with van der Waals surface area (Å²) in [4.78, 5) is 23.0. The highest BCUT2D eigenvalue weighted by atomic mass is 32.1. The number of carbonyl (C=O) groups excluding carboxylic acids is 1. The Labute approximate surface area is 128 Å². The molecule has 112 valence electrons. The summed E-state index contributed by atoms with van der Waals surface area (Å²) in [5.41, 5.74) is 1.01. The Kier molecular flexibility index (Phi) is 4.36. The van der Waals surface area contributed by atoms with Gasteiger partial charge in [0.25, 0.3) is 0 Å². The van der Waals surface area contributed by atoms with Gasteiger partial charge in [-0.15, -0.1) is 11.3 Å². The summed E-state index contributed by atoms with van der Waals surface area (Å²) in [6.07, 6.45) is 3.03. The minimum Gasteiger partial charge on any atom is -0.367 e. The van der Waals surface area contributed by atoms with Crippen LogP contribution in [0.25, 0.3) is 0 Å². The molecule has 1 saturated heterocycles. The molecule has 1 aliphatic heterocycles. The number of thiophene rings is 1. The van der Waals surface area contributed by atoms with Gasteiger partial charge in [-0.2, -0.15) is 0 Å². The fourth-order valence-corrected chi connectivity index (χ4v) is 3.19. The molecule has 1 fully saturated rings. The largest absolute Gasteiger partial charge is 0.367 e. The van der Waals surface area contributed by atoms with Crippen LogP contribution in [-0.4, -0.2) is 40.5 Å². The molecule has 0 spiro atoms. The predicted molar refractivity (Wildman–Crippen MR) is 81.2 cm³/mol. The lowest BCUT2D eigenvalue weighted by atomic mass is 10.2. The van der Waals surface area contributed by atoms with Crippen LogP contribution in [0.4, 0.5) is 0 Å². The molecule has 0 aromatic carbocycles. The fourth-order valence-electron chi connectivity index (χ4n) is 2.48. The first-order valence-corrected chi connectivity index (χ1v) is 8.03. The monoisotopic (exact) mass is 305 g/mol. The minimum atomic E-state index is -0.141. The summed E-state index contributed by atoms with van der Waals surface area (Å²) >= 11 is 1.70. The number of amides is 1. The summed E-state index contributed by atoms with van der Waals surface area (Å²) in [7, 11) is 0. The van der Waals surface area contributed by atoms with Crippen LogP contribution >= 0.6 is 11.3 Å². The summed E-state index contributed by atoms with van der Waals surface area (Å²) in [6.45, 7) is 3.77. The van der Waals surface area contributed by atoms with E-state index in [2.05, 4.69) is 16.0 Å². The van der Waals surface area contributed by atoms with E-state index < -0.39 is 0 Å². The predicted octanol–water partition coefficient (Wildman–Crippen LogP) is 2.31. The van der Waals surface area contributed by atoms with E-state index in [1.54, 1.807) is 17.5 Å². The second kappa shape index (κ2) is 6.41. The van der Waals surface area contributed by atoms with Crippen molar-refractivity contribution in [2.75, 3.05) is 19.7 Å². The second-order valence-electron chi connectivity index (χ2n) is 5.23. The van der Waals surface area contributed by atoms with Gasteiger partial charge in [0.2, 0.25) is 5.91 Å². The molecule has 0 saturated carbocycles. The molecule has 0 radical (unpaired) electrons. The first kappa shape index (κ1) is 14.3. The van der Waals surface area contributed by atoms with Gasteiger partial charge in [0.05, 0.1) is 13.2 Å². The zero-order valence-electron chi connectivity index (χ0n) is 12.0. The molecule has 21 heavy (non-hydrogen) atoms. The van der Waals surface area contributed by atoms with E-state index in [9.17, 15) is 4.79 Å². The van der Waals surface area contributed by atoms with Crippen LogP contribution in [0.5, 0.6) is 0 Å². The average Bonchev–Trinajstić information content (AvgIpc) is 3.16. The Hall–Kier alpha value is -1.66. The van der Waals surface area contributed by atoms with Crippen LogP contribution in [0.1, 0.15) is 28.9 Å². The molecule has 1 aliphatic rings. The van der Waals surface area contributed by atoms with Crippen molar-refractivity contribution in [1.29, 1.82) is 0 Å². The Morgan fingerprint density at radius 2 is 2.52 bits per heavy atom. The van der Waals surface area contributed by atoms with Gasteiger partial charge in [0, 0.05) is 29.7 Å². The van der Waals surface area contributed by atoms with E-state index in [-0.39, 0.29) is 12.0 Å². The summed E-state index contributed by atoms with van der Waals surface area (Å²) < 4.78 is 5.72. The topological polar surface area (TPSA) is 58.2 Å². The van der Waals surface area contributed by atoms with E-state index in [0.29, 0.717) is 26.1 Å². The highest BCUT2D eigenvalue weighted by Gasteiger charge is 2.26. The summed E-state index contributed by atoms with van der Waals surface area (Å²) in [5, 5.41) is 2.05. The lowest BCUT2D eigenvalue weighted by Gasteiger charge is -2.32. The Bertz CT molecular complexity index is 594. The zero-order valence-corrected chi connectivity index (χ0v) is 12.9. The molecule has 0 unspecified atom stereocenters. The van der Waals surface area contributed by atoms with Crippen molar-refractivity contribution in [2.24, 2.45) is 0 Å². The molecule has 1 N–H and O–H groups in total. The van der Waals surface area contributed by atoms with Crippen molar-refractivity contribution in [3.05, 3.63) is 40.1 Å². The van der Waals surface area contributed by atoms with E-state index in [1.807, 2.05) is 23.3 Å². The number of nitrogens with one attached hydrogen (secondary N) is 1. The number of carbonyl (C=O) groups is 1. The number of imidazole rings is 1. The Morgan fingerprint density at radius 1 is 1.62 bits per heavy atom. The Balaban J connectivity index is 1.56. The first-order chi connectivity index (χ1) is 10.2. The summed E-state index contributed by atoms with van der Waals surface area (Å²) in [6, 6.07) is 4.10. The second-order valence-corrected chi connectivity index (χ2v) is 6.26. The van der Waals surface area contributed by atoms with Crippen LogP contribution in [0.15, 0.2) is 23.7 Å². The lowest BCUT2D eigenvalue weighted by Crippen LogP contribution is -2.42. The van der Waals surface area contributed by atoms with Crippen molar-refractivity contribution in [3.63, 3.8) is 0 Å². The number of aromatic amines is 1. The van der Waals surface area contributed by atoms with Gasteiger partial charge < -0.3 is 14.6 Å². The van der Waals surface area contributed by atoms with Crippen molar-refractivity contribution in [3.8, 4) is 0 Å². The van der Waals surface area contributed by atoms with Gasteiger partial charge in [-0.25, -0.2) is 4.98 Å². The van der Waals surface area contributed by atoms with Crippen molar-refractivity contribution < 1.29 is 9.53 Å². The number of aryl methyl sites for hydroxylation is 2. The fraction of sp³-hybridized carbons (Fsp3) is 0.467. The van der Waals surface area contributed by atoms with E-state index in [1.165, 1.54) is 4.88 Å². The molecule has 0 aliphatic carbocycles. The molecule has 1 amide bonds. The van der Waals surface area contributed by atoms with Gasteiger partial charge in [0.15, 0.2) is 0 Å². The zero-order chi connectivity index (χ0) is 14.7. The summed E-state index contributed by atoms with van der Waals surface area (Å²) in [5.74, 6) is 1.00. The number of H-pyrrole nitrogens is 1. The highest BCUT2D eigenvalue weighted by molar-refractivity contribution is 7.09. The third-order valence-corrected chi connectivity index (χ3v) is 4.55. The molecule has 3 rings (SSSR count). The maximum absolute atomic E-state index is 12.3. The van der Waals surface area contributed by atoms with Gasteiger partial charge >= 0.3 is 0 Å². The van der Waals surface area contributed by atoms with Crippen LogP contribution in [-0.2, 0) is 16.0 Å². The maximum atomic E-state index is 12.3. The first-order valence-electron chi connectivity index (χ1n) is 7.15. The number of ether oxygens (including phenoxy) is 1. The molecule has 0 bridgehead atoms. The van der Waals surface area contributed by atoms with Crippen LogP contribution in [0.2, 0.25) is 0 Å². The standard InChI is InChI=1S/C15H19N3O2S/c1-11-9-16-15(17-11)13-10-18(6-7-20-13)14(19)5-4-12-3-2-8-21-12/h2-3,8-9,13H,4-7,10H2,1H3,(H,16,17)/t13-/m0/s1. The van der Waals surface area contributed by atoms with Crippen molar-refractivity contribution >= 4 is 17.2 Å². The van der Waals surface area contributed by atoms with E-state index in [0.717, 1.165) is 17.9 Å². The number of nitrogens with zero attached hydrogens (tertiary/aromatic N) is 2. The average molecular weight is 305 g/mol. The van der Waals surface area contributed by atoms with Crippen LogP contribution < -0.4 is 0 Å². The van der Waals surface area contributed by atoms with Crippen molar-refractivity contribution in [2.45, 2.75) is 25.9 Å². The number of aromatic nitrogens is 2. The number of hydrogen-bond acceptors (Lipinski definition) is 4. The number of hydrogen-bond donors (Lipinski definition) is 1. The SMILES string of the molecule is Cc1cnc([C@@H]2CN(C(=O)CCc3cccs3)CCO2)[nH]1. The normalized spacial score (nSPS) is 18.9. The van der Waals surface area contributed by atoms with E-state index >= 15 is 0 Å². The molecular weight excluding hydrogens is 286 g/mol. The third-order valence-electron chi connectivity index (χ3n) is 3.61. The quantitative estimate of drug-likeness (QED) is 0.943. The molecule has 5 nitrogen and oxygen atoms in total. The van der Waals surface area contributed by atoms with Gasteiger partial charge in [-0.05, 0) is 24.8 Å². The Morgan fingerprint density at radius 3 is 3.24 bits per heavy atom. The maximum Gasteiger partial charge on any atom is 0.223 e. The molecule has 2 aromatic rings. The molecular formula is C15H19N3O2S. The third kappa shape index (κ3) is 3.51.